The van der Waals surface area contributed by atoms with Gasteiger partial charge in [0.2, 0.25) is 5.91 Å². The number of ether oxygens (including phenoxy) is 1. The summed E-state index contributed by atoms with van der Waals surface area (Å²) in [7, 11) is -3.21. The molecule has 0 aromatic heterocycles. The normalized spacial score (nSPS) is 13.5. The second-order valence-corrected chi connectivity index (χ2v) is 7.46. The Morgan fingerprint density at radius 1 is 1.15 bits per heavy atom. The van der Waals surface area contributed by atoms with Gasteiger partial charge in [-0.25, -0.2) is 22.0 Å². The number of hydrogen-bond acceptors (Lipinski definition) is 5. The van der Waals surface area contributed by atoms with E-state index in [-0.39, 0.29) is 17.2 Å². The Balaban J connectivity index is 1.95. The highest BCUT2D eigenvalue weighted by Crippen LogP contribution is 2.28. The largest absolute Gasteiger partial charge is 0.465 e. The SMILES string of the molecule is COC(=O)c1cc(NS(=O)(=O)c2ccc3c(c2)CCC(=O)N3)c(F)cc1F. The Labute approximate surface area is 153 Å². The molecule has 2 aromatic carbocycles. The second-order valence-electron chi connectivity index (χ2n) is 5.78. The predicted octanol–water partition coefficient (Wildman–Crippen LogP) is 2.44. The van der Waals surface area contributed by atoms with Crippen molar-refractivity contribution in [2.24, 2.45) is 0 Å². The van der Waals surface area contributed by atoms with E-state index >= 15 is 0 Å². The summed E-state index contributed by atoms with van der Waals surface area (Å²) in [5.74, 6) is -3.60. The van der Waals surface area contributed by atoms with Crippen LogP contribution in [0.1, 0.15) is 22.3 Å². The summed E-state index contributed by atoms with van der Waals surface area (Å²) in [5, 5.41) is 2.62. The number of benzene rings is 2. The lowest BCUT2D eigenvalue weighted by Crippen LogP contribution is -2.20. The van der Waals surface area contributed by atoms with E-state index in [2.05, 4.69) is 10.1 Å². The number of carbonyl (C=O) groups excluding carboxylic acids is 2. The third-order valence-electron chi connectivity index (χ3n) is 3.99. The van der Waals surface area contributed by atoms with Gasteiger partial charge in [0.25, 0.3) is 10.0 Å². The molecular weight excluding hydrogens is 382 g/mol. The van der Waals surface area contributed by atoms with Crippen molar-refractivity contribution in [1.82, 2.24) is 0 Å². The molecule has 27 heavy (non-hydrogen) atoms. The zero-order valence-corrected chi connectivity index (χ0v) is 14.8. The number of halogens is 2. The molecule has 0 radical (unpaired) electrons. The van der Waals surface area contributed by atoms with E-state index in [1.807, 2.05) is 4.72 Å². The molecule has 142 valence electrons. The average Bonchev–Trinajstić information content (AvgIpc) is 2.62. The fourth-order valence-corrected chi connectivity index (χ4v) is 3.73. The standard InChI is InChI=1S/C17H14F2N2O5S/c1-26-17(23)11-7-15(13(19)8-12(11)18)21-27(24,25)10-3-4-14-9(6-10)2-5-16(22)20-14/h3-4,6-8,21H,2,5H2,1H3,(H,20,22). The lowest BCUT2D eigenvalue weighted by molar-refractivity contribution is -0.116. The van der Waals surface area contributed by atoms with E-state index < -0.39 is 38.9 Å². The molecule has 0 spiro atoms. The molecule has 1 heterocycles. The molecule has 0 saturated carbocycles. The van der Waals surface area contributed by atoms with Crippen molar-refractivity contribution in [2.45, 2.75) is 17.7 Å². The lowest BCUT2D eigenvalue weighted by Gasteiger charge is -2.18. The molecule has 10 heteroatoms. The molecule has 3 rings (SSSR count). The van der Waals surface area contributed by atoms with E-state index in [1.165, 1.54) is 18.2 Å². The van der Waals surface area contributed by atoms with Gasteiger partial charge in [-0.1, -0.05) is 0 Å². The molecule has 0 unspecified atom stereocenters. The number of amides is 1. The van der Waals surface area contributed by atoms with Crippen molar-refractivity contribution >= 4 is 33.3 Å². The number of carbonyl (C=O) groups is 2. The number of methoxy groups -OCH3 is 1. The van der Waals surface area contributed by atoms with Gasteiger partial charge in [0, 0.05) is 18.2 Å². The van der Waals surface area contributed by atoms with Gasteiger partial charge in [0.1, 0.15) is 11.6 Å². The van der Waals surface area contributed by atoms with Crippen LogP contribution < -0.4 is 10.0 Å². The van der Waals surface area contributed by atoms with Crippen molar-refractivity contribution < 1.29 is 31.5 Å². The quantitative estimate of drug-likeness (QED) is 0.773. The molecule has 0 fully saturated rings. The van der Waals surface area contributed by atoms with Crippen molar-refractivity contribution in [3.05, 3.63) is 53.1 Å². The van der Waals surface area contributed by atoms with E-state index in [0.717, 1.165) is 13.2 Å². The summed E-state index contributed by atoms with van der Waals surface area (Å²) in [6.45, 7) is 0. The van der Waals surface area contributed by atoms with E-state index in [1.54, 1.807) is 0 Å². The Morgan fingerprint density at radius 2 is 1.89 bits per heavy atom. The van der Waals surface area contributed by atoms with Crippen LogP contribution in [0.15, 0.2) is 35.2 Å². The summed E-state index contributed by atoms with van der Waals surface area (Å²) in [6, 6.07) is 5.16. The van der Waals surface area contributed by atoms with Crippen LogP contribution in [0.4, 0.5) is 20.2 Å². The first-order valence-electron chi connectivity index (χ1n) is 7.74. The van der Waals surface area contributed by atoms with Gasteiger partial charge in [-0.05, 0) is 36.2 Å². The third-order valence-corrected chi connectivity index (χ3v) is 5.35. The number of hydrogen-bond donors (Lipinski definition) is 2. The molecular formula is C17H14F2N2O5S. The second kappa shape index (κ2) is 6.95. The first kappa shape index (κ1) is 18.8. The van der Waals surface area contributed by atoms with E-state index in [0.29, 0.717) is 23.7 Å². The molecule has 0 atom stereocenters. The number of nitrogens with one attached hydrogen (secondary N) is 2. The van der Waals surface area contributed by atoms with Crippen molar-refractivity contribution in [3.8, 4) is 0 Å². The predicted molar refractivity (Wildman–Crippen MR) is 91.9 cm³/mol. The van der Waals surface area contributed by atoms with Gasteiger partial charge in [-0.2, -0.15) is 0 Å². The molecule has 1 amide bonds. The van der Waals surface area contributed by atoms with Crippen molar-refractivity contribution in [2.75, 3.05) is 17.1 Å². The Hall–Kier alpha value is -3.01. The summed E-state index contributed by atoms with van der Waals surface area (Å²) in [6.07, 6.45) is 0.584. The molecule has 0 saturated heterocycles. The first-order chi connectivity index (χ1) is 12.7. The summed E-state index contributed by atoms with van der Waals surface area (Å²) in [5.41, 5.74) is -0.0778. The zero-order chi connectivity index (χ0) is 19.8. The Kier molecular flexibility index (Phi) is 4.83. The molecule has 1 aliphatic heterocycles. The van der Waals surface area contributed by atoms with Gasteiger partial charge >= 0.3 is 5.97 Å². The highest BCUT2D eigenvalue weighted by molar-refractivity contribution is 7.92. The van der Waals surface area contributed by atoms with Crippen LogP contribution in [0.3, 0.4) is 0 Å². The van der Waals surface area contributed by atoms with Crippen LogP contribution >= 0.6 is 0 Å². The number of esters is 1. The minimum Gasteiger partial charge on any atom is -0.465 e. The van der Waals surface area contributed by atoms with Crippen LogP contribution in [-0.4, -0.2) is 27.4 Å². The van der Waals surface area contributed by atoms with Crippen LogP contribution in [0.2, 0.25) is 0 Å². The van der Waals surface area contributed by atoms with Crippen LogP contribution in [-0.2, 0) is 26.0 Å². The number of aryl methyl sites for hydroxylation is 1. The number of rotatable bonds is 4. The molecule has 2 N–H and O–H groups in total. The number of fused-ring (bicyclic) bond motifs is 1. The minimum atomic E-state index is -4.22. The molecule has 2 aromatic rings. The van der Waals surface area contributed by atoms with E-state index in [9.17, 15) is 26.8 Å². The zero-order valence-electron chi connectivity index (χ0n) is 14.0. The molecule has 0 aliphatic carbocycles. The van der Waals surface area contributed by atoms with Crippen LogP contribution in [0, 0.1) is 11.6 Å². The monoisotopic (exact) mass is 396 g/mol. The summed E-state index contributed by atoms with van der Waals surface area (Å²) < 4.78 is 59.2. The topological polar surface area (TPSA) is 102 Å². The fourth-order valence-electron chi connectivity index (χ4n) is 2.62. The molecule has 1 aliphatic rings. The van der Waals surface area contributed by atoms with Crippen LogP contribution in [0.25, 0.3) is 0 Å². The highest BCUT2D eigenvalue weighted by Gasteiger charge is 2.23. The fraction of sp³-hybridized carbons (Fsp3) is 0.176. The number of anilines is 2. The lowest BCUT2D eigenvalue weighted by atomic mass is 10.0. The highest BCUT2D eigenvalue weighted by atomic mass is 32.2. The number of sulfonamides is 1. The maximum absolute atomic E-state index is 14.0. The van der Waals surface area contributed by atoms with Crippen molar-refractivity contribution in [1.29, 1.82) is 0 Å². The maximum atomic E-state index is 14.0. The van der Waals surface area contributed by atoms with Crippen LogP contribution in [0.5, 0.6) is 0 Å². The first-order valence-corrected chi connectivity index (χ1v) is 9.22. The van der Waals surface area contributed by atoms with Gasteiger partial charge < -0.3 is 10.1 Å². The molecule has 7 nitrogen and oxygen atoms in total. The maximum Gasteiger partial charge on any atom is 0.340 e. The Morgan fingerprint density at radius 3 is 2.59 bits per heavy atom. The van der Waals surface area contributed by atoms with Gasteiger partial charge in [-0.15, -0.1) is 0 Å². The summed E-state index contributed by atoms with van der Waals surface area (Å²) >= 11 is 0. The average molecular weight is 396 g/mol. The third kappa shape index (κ3) is 3.75. The molecule has 0 bridgehead atoms. The smallest absolute Gasteiger partial charge is 0.340 e. The minimum absolute atomic E-state index is 0.166. The van der Waals surface area contributed by atoms with Gasteiger partial charge in [-0.3, -0.25) is 9.52 Å². The van der Waals surface area contributed by atoms with Gasteiger partial charge in [0.05, 0.1) is 23.3 Å². The summed E-state index contributed by atoms with van der Waals surface area (Å²) in [4.78, 5) is 22.7. The van der Waals surface area contributed by atoms with E-state index in [4.69, 9.17) is 0 Å². The van der Waals surface area contributed by atoms with Gasteiger partial charge in [0.15, 0.2) is 0 Å². The van der Waals surface area contributed by atoms with Crippen molar-refractivity contribution in [3.63, 3.8) is 0 Å². The Bertz CT molecular complexity index is 1050.